The summed E-state index contributed by atoms with van der Waals surface area (Å²) in [4.78, 5) is 12.3. The zero-order chi connectivity index (χ0) is 28.3. The Labute approximate surface area is 242 Å². The molecule has 0 unspecified atom stereocenters. The maximum absolute atomic E-state index is 12.3. The van der Waals surface area contributed by atoms with Crippen molar-refractivity contribution in [3.63, 3.8) is 0 Å². The Balaban J connectivity index is 1.42. The van der Waals surface area contributed by atoms with Crippen molar-refractivity contribution in [1.82, 2.24) is 5.43 Å². The molecule has 0 fully saturated rings. The fraction of sp³-hybridized carbons (Fsp3) is 0.188. The van der Waals surface area contributed by atoms with Gasteiger partial charge in [0.25, 0.3) is 5.91 Å². The van der Waals surface area contributed by atoms with Gasteiger partial charge in [0.1, 0.15) is 13.2 Å². The van der Waals surface area contributed by atoms with Gasteiger partial charge in [0.2, 0.25) is 0 Å². The normalized spacial score (nSPS) is 10.8. The lowest BCUT2D eigenvalue weighted by Crippen LogP contribution is -2.17. The largest absolute Gasteiger partial charge is 0.493 e. The predicted octanol–water partition coefficient (Wildman–Crippen LogP) is 7.09. The number of rotatable bonds is 12. The zero-order valence-corrected chi connectivity index (χ0v) is 24.2. The highest BCUT2D eigenvalue weighted by atomic mass is 79.9. The molecule has 206 valence electrons. The lowest BCUT2D eigenvalue weighted by atomic mass is 10.1. The number of ether oxygens (including phenoxy) is 4. The van der Waals surface area contributed by atoms with Crippen LogP contribution in [0.4, 0.5) is 0 Å². The number of amides is 1. The molecule has 0 radical (unpaired) electrons. The standard InChI is InChI=1S/C32H31BrN2O5/c1-4-38-30-18-25(19-34-35-32(36)26-13-10-22(2)11-14-26)16-27(33)31(30)40-21-24-12-15-28(29(17-24)37-3)39-20-23-8-6-5-7-9-23/h5-19H,4,20-21H2,1-3H3,(H,35,36)/b34-19+. The molecule has 4 aromatic rings. The summed E-state index contributed by atoms with van der Waals surface area (Å²) < 4.78 is 24.2. The van der Waals surface area contributed by atoms with E-state index in [2.05, 4.69) is 26.5 Å². The number of benzene rings is 4. The molecule has 4 aromatic carbocycles. The highest BCUT2D eigenvalue weighted by Crippen LogP contribution is 2.38. The van der Waals surface area contributed by atoms with Crippen molar-refractivity contribution in [2.75, 3.05) is 13.7 Å². The van der Waals surface area contributed by atoms with Crippen LogP contribution < -0.4 is 24.4 Å². The van der Waals surface area contributed by atoms with Crippen LogP contribution in [0.15, 0.2) is 94.5 Å². The van der Waals surface area contributed by atoms with Crippen LogP contribution in [0.25, 0.3) is 0 Å². The van der Waals surface area contributed by atoms with Gasteiger partial charge in [-0.1, -0.05) is 54.1 Å². The third-order valence-electron chi connectivity index (χ3n) is 5.87. The average molecular weight is 604 g/mol. The van der Waals surface area contributed by atoms with E-state index in [0.717, 1.165) is 22.3 Å². The Morgan fingerprint density at radius 1 is 0.850 bits per heavy atom. The second-order valence-corrected chi connectivity index (χ2v) is 9.73. The number of nitrogens with zero attached hydrogens (tertiary/aromatic N) is 1. The van der Waals surface area contributed by atoms with Gasteiger partial charge in [-0.3, -0.25) is 4.79 Å². The number of carbonyl (C=O) groups excluding carboxylic acids is 1. The van der Waals surface area contributed by atoms with Gasteiger partial charge in [-0.25, -0.2) is 5.43 Å². The summed E-state index contributed by atoms with van der Waals surface area (Å²) in [6.07, 6.45) is 1.56. The molecule has 0 heterocycles. The first-order chi connectivity index (χ1) is 19.5. The summed E-state index contributed by atoms with van der Waals surface area (Å²) >= 11 is 3.59. The molecule has 0 aliphatic heterocycles. The minimum atomic E-state index is -0.285. The van der Waals surface area contributed by atoms with Crippen LogP contribution >= 0.6 is 15.9 Å². The first-order valence-electron chi connectivity index (χ1n) is 12.8. The van der Waals surface area contributed by atoms with Crippen LogP contribution in [0.3, 0.4) is 0 Å². The molecule has 0 atom stereocenters. The van der Waals surface area contributed by atoms with E-state index in [9.17, 15) is 4.79 Å². The average Bonchev–Trinajstić information content (AvgIpc) is 2.97. The maximum atomic E-state index is 12.3. The van der Waals surface area contributed by atoms with Gasteiger partial charge in [0, 0.05) is 5.56 Å². The van der Waals surface area contributed by atoms with E-state index in [-0.39, 0.29) is 12.5 Å². The highest BCUT2D eigenvalue weighted by Gasteiger charge is 2.14. The molecule has 8 heteroatoms. The number of halogens is 1. The molecule has 1 N–H and O–H groups in total. The Kier molecular flexibility index (Phi) is 10.2. The number of hydrogen-bond donors (Lipinski definition) is 1. The number of carbonyl (C=O) groups is 1. The molecule has 7 nitrogen and oxygen atoms in total. The lowest BCUT2D eigenvalue weighted by Gasteiger charge is -2.16. The van der Waals surface area contributed by atoms with E-state index in [0.29, 0.717) is 46.2 Å². The molecule has 0 bridgehead atoms. The SMILES string of the molecule is CCOc1cc(/C=N/NC(=O)c2ccc(C)cc2)cc(Br)c1OCc1ccc(OCc2ccccc2)c(OC)c1. The van der Waals surface area contributed by atoms with Gasteiger partial charge in [-0.15, -0.1) is 0 Å². The van der Waals surface area contributed by atoms with E-state index in [1.807, 2.05) is 86.6 Å². The number of methoxy groups -OCH3 is 1. The van der Waals surface area contributed by atoms with Gasteiger partial charge in [-0.05, 0) is 82.9 Å². The number of aryl methyl sites for hydroxylation is 1. The van der Waals surface area contributed by atoms with Crippen molar-refractivity contribution >= 4 is 28.1 Å². The van der Waals surface area contributed by atoms with Gasteiger partial charge < -0.3 is 18.9 Å². The van der Waals surface area contributed by atoms with Crippen molar-refractivity contribution in [3.05, 3.63) is 117 Å². The Bertz CT molecular complexity index is 1460. The minimum absolute atomic E-state index is 0.285. The zero-order valence-electron chi connectivity index (χ0n) is 22.6. The van der Waals surface area contributed by atoms with E-state index >= 15 is 0 Å². The van der Waals surface area contributed by atoms with Crippen LogP contribution in [-0.4, -0.2) is 25.8 Å². The molecule has 4 rings (SSSR count). The van der Waals surface area contributed by atoms with E-state index in [1.165, 1.54) is 0 Å². The van der Waals surface area contributed by atoms with Crippen molar-refractivity contribution in [2.24, 2.45) is 5.10 Å². The summed E-state index contributed by atoms with van der Waals surface area (Å²) in [5.74, 6) is 2.11. The van der Waals surface area contributed by atoms with Crippen molar-refractivity contribution < 1.29 is 23.7 Å². The highest BCUT2D eigenvalue weighted by molar-refractivity contribution is 9.10. The van der Waals surface area contributed by atoms with Crippen LogP contribution in [0.1, 0.15) is 39.5 Å². The third kappa shape index (κ3) is 7.86. The van der Waals surface area contributed by atoms with Gasteiger partial charge in [-0.2, -0.15) is 5.10 Å². The lowest BCUT2D eigenvalue weighted by molar-refractivity contribution is 0.0955. The summed E-state index contributed by atoms with van der Waals surface area (Å²) in [6.45, 7) is 5.06. The predicted molar refractivity (Wildman–Crippen MR) is 160 cm³/mol. The van der Waals surface area contributed by atoms with Crippen molar-refractivity contribution in [3.8, 4) is 23.0 Å². The fourth-order valence-electron chi connectivity index (χ4n) is 3.81. The maximum Gasteiger partial charge on any atom is 0.271 e. The van der Waals surface area contributed by atoms with Crippen LogP contribution in [-0.2, 0) is 13.2 Å². The van der Waals surface area contributed by atoms with Crippen LogP contribution in [0, 0.1) is 6.92 Å². The number of hydrogen-bond acceptors (Lipinski definition) is 6. The summed E-state index contributed by atoms with van der Waals surface area (Å²) in [5.41, 5.74) is 6.89. The Morgan fingerprint density at radius 2 is 1.60 bits per heavy atom. The molecular weight excluding hydrogens is 572 g/mol. The van der Waals surface area contributed by atoms with Gasteiger partial charge in [0.05, 0.1) is 24.4 Å². The first kappa shape index (κ1) is 28.7. The number of hydrazone groups is 1. The summed E-state index contributed by atoms with van der Waals surface area (Å²) in [6, 6.07) is 26.6. The molecule has 0 aliphatic carbocycles. The molecule has 0 saturated heterocycles. The van der Waals surface area contributed by atoms with E-state index in [4.69, 9.17) is 18.9 Å². The molecule has 0 spiro atoms. The molecular formula is C32H31BrN2O5. The Hall–Kier alpha value is -4.30. The summed E-state index contributed by atoms with van der Waals surface area (Å²) in [7, 11) is 1.61. The topological polar surface area (TPSA) is 78.4 Å². The summed E-state index contributed by atoms with van der Waals surface area (Å²) in [5, 5.41) is 4.10. The van der Waals surface area contributed by atoms with Gasteiger partial charge >= 0.3 is 0 Å². The van der Waals surface area contributed by atoms with Crippen LogP contribution in [0.2, 0.25) is 0 Å². The quantitative estimate of drug-likeness (QED) is 0.138. The van der Waals surface area contributed by atoms with Gasteiger partial charge in [0.15, 0.2) is 23.0 Å². The molecule has 40 heavy (non-hydrogen) atoms. The number of nitrogens with one attached hydrogen (secondary N) is 1. The molecule has 1 amide bonds. The first-order valence-corrected chi connectivity index (χ1v) is 13.6. The second kappa shape index (κ2) is 14.2. The molecule has 0 aliphatic rings. The smallest absolute Gasteiger partial charge is 0.271 e. The molecule has 0 saturated carbocycles. The van der Waals surface area contributed by atoms with Crippen molar-refractivity contribution in [2.45, 2.75) is 27.1 Å². The van der Waals surface area contributed by atoms with E-state index in [1.54, 1.807) is 25.5 Å². The molecule has 0 aromatic heterocycles. The second-order valence-electron chi connectivity index (χ2n) is 8.88. The van der Waals surface area contributed by atoms with Crippen molar-refractivity contribution in [1.29, 1.82) is 0 Å². The third-order valence-corrected chi connectivity index (χ3v) is 6.46. The minimum Gasteiger partial charge on any atom is -0.493 e. The fourth-order valence-corrected chi connectivity index (χ4v) is 4.39. The van der Waals surface area contributed by atoms with Crippen LogP contribution in [0.5, 0.6) is 23.0 Å². The Morgan fingerprint density at radius 3 is 2.33 bits per heavy atom. The van der Waals surface area contributed by atoms with E-state index < -0.39 is 0 Å². The monoisotopic (exact) mass is 602 g/mol.